The second-order valence-electron chi connectivity index (χ2n) is 12.5. The molecule has 0 saturated carbocycles. The summed E-state index contributed by atoms with van der Waals surface area (Å²) in [6.07, 6.45) is 2.71. The first-order valence-corrected chi connectivity index (χ1v) is 14.8. The predicted octanol–water partition coefficient (Wildman–Crippen LogP) is 3.20. The number of rotatable bonds is 6. The van der Waals surface area contributed by atoms with E-state index in [1.165, 1.54) is 11.9 Å². The fourth-order valence-corrected chi connectivity index (χ4v) is 5.97. The number of nitrogens with one attached hydrogen (secondary N) is 1. The fraction of sp³-hybridized carbons (Fsp3) is 0.516. The highest BCUT2D eigenvalue weighted by atomic mass is 16.6. The van der Waals surface area contributed by atoms with Crippen LogP contribution in [0.25, 0.3) is 22.3 Å². The number of hydrogen-bond acceptors (Lipinski definition) is 10. The minimum Gasteiger partial charge on any atom is -0.444 e. The van der Waals surface area contributed by atoms with Crippen molar-refractivity contribution in [2.75, 3.05) is 44.8 Å². The van der Waals surface area contributed by atoms with E-state index < -0.39 is 11.5 Å². The van der Waals surface area contributed by atoms with Gasteiger partial charge in [0.25, 0.3) is 5.91 Å². The van der Waals surface area contributed by atoms with Gasteiger partial charge in [-0.1, -0.05) is 24.3 Å². The topological polar surface area (TPSA) is 145 Å². The SMILES string of the molecule is CC(C)(C)OC(=O)N1CCC[C@H](Nc2ncnc3c(C(N)=O)cc(-c4ccc(CN5C6COCC5COC6)cc4)nc23)C1. The van der Waals surface area contributed by atoms with E-state index in [0.29, 0.717) is 62.1 Å². The van der Waals surface area contributed by atoms with Crippen LogP contribution < -0.4 is 11.1 Å². The number of likely N-dealkylation sites (tertiary alicyclic amines) is 1. The van der Waals surface area contributed by atoms with Crippen molar-refractivity contribution in [3.8, 4) is 11.3 Å². The van der Waals surface area contributed by atoms with Crippen LogP contribution in [-0.2, 0) is 20.8 Å². The van der Waals surface area contributed by atoms with E-state index in [1.54, 1.807) is 11.0 Å². The lowest BCUT2D eigenvalue weighted by atomic mass is 10.0. The van der Waals surface area contributed by atoms with Gasteiger partial charge in [-0.05, 0) is 45.2 Å². The number of ether oxygens (including phenoxy) is 3. The largest absolute Gasteiger partial charge is 0.444 e. The van der Waals surface area contributed by atoms with Crippen molar-refractivity contribution < 1.29 is 23.8 Å². The third kappa shape index (κ3) is 6.56. The molecule has 2 amide bonds. The number of piperidine rings is 1. The number of carbonyl (C=O) groups is 2. The summed E-state index contributed by atoms with van der Waals surface area (Å²) in [6.45, 7) is 10.2. The summed E-state index contributed by atoms with van der Waals surface area (Å²) in [6, 6.07) is 10.3. The maximum atomic E-state index is 12.7. The van der Waals surface area contributed by atoms with E-state index in [4.69, 9.17) is 24.9 Å². The van der Waals surface area contributed by atoms with E-state index in [2.05, 4.69) is 32.3 Å². The number of morpholine rings is 2. The van der Waals surface area contributed by atoms with Gasteiger partial charge in [0.2, 0.25) is 0 Å². The molecule has 3 saturated heterocycles. The average Bonchev–Trinajstić information content (AvgIpc) is 2.96. The van der Waals surface area contributed by atoms with Gasteiger partial charge in [0.05, 0.1) is 49.8 Å². The molecular formula is C31H39N7O5. The molecule has 0 unspecified atom stereocenters. The zero-order valence-corrected chi connectivity index (χ0v) is 24.9. The van der Waals surface area contributed by atoms with Gasteiger partial charge in [0.15, 0.2) is 5.82 Å². The minimum atomic E-state index is -0.593. The minimum absolute atomic E-state index is 0.0776. The number of nitrogens with zero attached hydrogens (tertiary/aromatic N) is 5. The molecule has 12 heteroatoms. The molecule has 5 heterocycles. The van der Waals surface area contributed by atoms with Crippen LogP contribution in [-0.4, -0.2) is 100.0 Å². The Hall–Kier alpha value is -3.87. The van der Waals surface area contributed by atoms with Gasteiger partial charge >= 0.3 is 6.09 Å². The number of nitrogens with two attached hydrogens (primary N) is 1. The van der Waals surface area contributed by atoms with Gasteiger partial charge in [0.1, 0.15) is 23.0 Å². The monoisotopic (exact) mass is 589 g/mol. The summed E-state index contributed by atoms with van der Waals surface area (Å²) in [5.41, 5.74) is 8.97. The molecule has 1 atom stereocenters. The van der Waals surface area contributed by atoms with Crippen LogP contribution in [0.1, 0.15) is 49.5 Å². The Labute approximate surface area is 250 Å². The molecule has 2 bridgehead atoms. The highest BCUT2D eigenvalue weighted by Gasteiger charge is 2.35. The summed E-state index contributed by atoms with van der Waals surface area (Å²) in [7, 11) is 0. The Bertz CT molecular complexity index is 1470. The maximum absolute atomic E-state index is 12.7. The normalized spacial score (nSPS) is 22.8. The fourth-order valence-electron chi connectivity index (χ4n) is 5.97. The van der Waals surface area contributed by atoms with Crippen molar-refractivity contribution in [1.29, 1.82) is 0 Å². The number of benzene rings is 1. The van der Waals surface area contributed by atoms with Crippen molar-refractivity contribution in [3.63, 3.8) is 0 Å². The Morgan fingerprint density at radius 2 is 1.74 bits per heavy atom. The van der Waals surface area contributed by atoms with E-state index in [-0.39, 0.29) is 29.8 Å². The molecular weight excluding hydrogens is 550 g/mol. The molecule has 228 valence electrons. The van der Waals surface area contributed by atoms with E-state index in [1.807, 2.05) is 32.9 Å². The molecule has 6 rings (SSSR count). The third-order valence-electron chi connectivity index (χ3n) is 8.06. The van der Waals surface area contributed by atoms with Crippen LogP contribution >= 0.6 is 0 Å². The number of aromatic nitrogens is 3. The Balaban J connectivity index is 1.24. The van der Waals surface area contributed by atoms with Crippen molar-refractivity contribution in [1.82, 2.24) is 24.8 Å². The number of amides is 2. The van der Waals surface area contributed by atoms with Gasteiger partial charge in [-0.3, -0.25) is 9.69 Å². The second kappa shape index (κ2) is 12.0. The first kappa shape index (κ1) is 29.2. The summed E-state index contributed by atoms with van der Waals surface area (Å²) in [4.78, 5) is 43.1. The lowest BCUT2D eigenvalue weighted by Crippen LogP contribution is -2.58. The number of anilines is 1. The number of carbonyl (C=O) groups excluding carboxylic acids is 2. The van der Waals surface area contributed by atoms with Crippen molar-refractivity contribution in [3.05, 3.63) is 47.8 Å². The van der Waals surface area contributed by atoms with E-state index >= 15 is 0 Å². The summed E-state index contributed by atoms with van der Waals surface area (Å²) >= 11 is 0. The first-order valence-electron chi connectivity index (χ1n) is 14.8. The van der Waals surface area contributed by atoms with Gasteiger partial charge in [-0.15, -0.1) is 0 Å². The van der Waals surface area contributed by atoms with Crippen LogP contribution in [0.15, 0.2) is 36.7 Å². The standard InChI is InChI=1S/C31H39N7O5/c1-31(2,3)43-30(40)37-10-4-5-21(13-37)35-29-27-26(33-18-34-29)24(28(32)39)11-25(36-27)20-8-6-19(7-9-20)12-38-22-14-41-16-23(38)17-42-15-22/h6-9,11,18,21-23H,4-5,10,12-17H2,1-3H3,(H2,32,39)(H,33,34,35)/t21-,22?,23?/m0/s1. The summed E-state index contributed by atoms with van der Waals surface area (Å²) in [5.74, 6) is -0.104. The molecule has 1 aromatic carbocycles. The molecule has 3 N–H and O–H groups in total. The van der Waals surface area contributed by atoms with Crippen LogP contribution in [0.2, 0.25) is 0 Å². The zero-order chi connectivity index (χ0) is 30.1. The Kier molecular flexibility index (Phi) is 8.17. The van der Waals surface area contributed by atoms with Crippen molar-refractivity contribution in [2.24, 2.45) is 5.73 Å². The lowest BCUT2D eigenvalue weighted by Gasteiger charge is -2.45. The Morgan fingerprint density at radius 1 is 1.05 bits per heavy atom. The molecule has 3 aromatic rings. The van der Waals surface area contributed by atoms with Crippen molar-refractivity contribution >= 4 is 28.9 Å². The van der Waals surface area contributed by atoms with E-state index in [9.17, 15) is 9.59 Å². The number of fused-ring (bicyclic) bond motifs is 3. The molecule has 2 aromatic heterocycles. The molecule has 0 spiro atoms. The quantitative estimate of drug-likeness (QED) is 0.440. The average molecular weight is 590 g/mol. The van der Waals surface area contributed by atoms with Crippen LogP contribution in [0.4, 0.5) is 10.6 Å². The molecule has 12 nitrogen and oxygen atoms in total. The second-order valence-corrected chi connectivity index (χ2v) is 12.5. The maximum Gasteiger partial charge on any atom is 0.410 e. The number of primary amides is 1. The van der Waals surface area contributed by atoms with E-state index in [0.717, 1.165) is 24.9 Å². The van der Waals surface area contributed by atoms with Gasteiger partial charge in [0, 0.05) is 31.2 Å². The van der Waals surface area contributed by atoms with Crippen LogP contribution in [0, 0.1) is 0 Å². The van der Waals surface area contributed by atoms with Crippen LogP contribution in [0.5, 0.6) is 0 Å². The highest BCUT2D eigenvalue weighted by molar-refractivity contribution is 6.06. The molecule has 3 fully saturated rings. The number of pyridine rings is 1. The Morgan fingerprint density at radius 3 is 2.40 bits per heavy atom. The van der Waals surface area contributed by atoms with Gasteiger partial charge in [-0.2, -0.15) is 0 Å². The molecule has 3 aliphatic rings. The molecule has 43 heavy (non-hydrogen) atoms. The molecule has 3 aliphatic heterocycles. The lowest BCUT2D eigenvalue weighted by molar-refractivity contribution is -0.140. The number of hydrogen-bond donors (Lipinski definition) is 2. The molecule has 0 aliphatic carbocycles. The first-order chi connectivity index (χ1) is 20.6. The zero-order valence-electron chi connectivity index (χ0n) is 24.9. The van der Waals surface area contributed by atoms with Crippen molar-refractivity contribution in [2.45, 2.75) is 63.9 Å². The highest BCUT2D eigenvalue weighted by Crippen LogP contribution is 2.29. The summed E-state index contributed by atoms with van der Waals surface area (Å²) < 4.78 is 17.0. The smallest absolute Gasteiger partial charge is 0.410 e. The van der Waals surface area contributed by atoms with Gasteiger partial charge in [-0.25, -0.2) is 19.7 Å². The predicted molar refractivity (Wildman–Crippen MR) is 160 cm³/mol. The summed E-state index contributed by atoms with van der Waals surface area (Å²) in [5, 5.41) is 3.45. The van der Waals surface area contributed by atoms with Gasteiger partial charge < -0.3 is 30.2 Å². The van der Waals surface area contributed by atoms with Crippen LogP contribution in [0.3, 0.4) is 0 Å². The molecule has 0 radical (unpaired) electrons. The third-order valence-corrected chi connectivity index (χ3v) is 8.06.